The number of unbranched alkanes of at least 4 members (excludes halogenated alkanes) is 3. The number of carboxylic acid groups (broad SMARTS) is 1. The van der Waals surface area contributed by atoms with Crippen molar-refractivity contribution in [1.82, 2.24) is 0 Å². The van der Waals surface area contributed by atoms with Crippen molar-refractivity contribution in [3.05, 3.63) is 35.9 Å². The van der Waals surface area contributed by atoms with Crippen molar-refractivity contribution < 1.29 is 14.1 Å². The lowest BCUT2D eigenvalue weighted by atomic mass is 10.1. The summed E-state index contributed by atoms with van der Waals surface area (Å²) in [4.78, 5) is 11.2. The summed E-state index contributed by atoms with van der Waals surface area (Å²) in [7, 11) is -1.29. The molecule has 0 heterocycles. The van der Waals surface area contributed by atoms with E-state index >= 15 is 0 Å². The van der Waals surface area contributed by atoms with E-state index in [4.69, 9.17) is 0 Å². The topological polar surface area (TPSA) is 54.4 Å². The predicted octanol–water partition coefficient (Wildman–Crippen LogP) is 3.01. The Morgan fingerprint density at radius 2 is 1.89 bits per heavy atom. The Morgan fingerprint density at radius 3 is 2.47 bits per heavy atom. The summed E-state index contributed by atoms with van der Waals surface area (Å²) in [5.74, 6) is -0.471. The fraction of sp³-hybridized carbons (Fsp3) is 0.533. The number of rotatable bonds is 9. The molecule has 0 saturated heterocycles. The average Bonchev–Trinajstić information content (AvgIpc) is 2.41. The molecule has 0 spiro atoms. The number of benzene rings is 1. The van der Waals surface area contributed by atoms with Crippen LogP contribution in [0.1, 0.15) is 38.2 Å². The monoisotopic (exact) mass is 282 g/mol. The van der Waals surface area contributed by atoms with Gasteiger partial charge < -0.3 is 5.11 Å². The molecule has 1 aromatic rings. The van der Waals surface area contributed by atoms with E-state index in [1.54, 1.807) is 0 Å². The molecule has 0 radical (unpaired) electrons. The fourth-order valence-electron chi connectivity index (χ4n) is 1.93. The first kappa shape index (κ1) is 15.9. The van der Waals surface area contributed by atoms with E-state index in [1.165, 1.54) is 0 Å². The Labute approximate surface area is 117 Å². The summed E-state index contributed by atoms with van der Waals surface area (Å²) in [5.41, 5.74) is 0.928. The maximum Gasteiger partial charge on any atom is 0.319 e. The highest BCUT2D eigenvalue weighted by molar-refractivity contribution is 7.86. The molecule has 0 aliphatic heterocycles. The molecule has 0 amide bonds. The van der Waals surface area contributed by atoms with Crippen LogP contribution < -0.4 is 0 Å². The van der Waals surface area contributed by atoms with Crippen LogP contribution in [0.2, 0.25) is 0 Å². The van der Waals surface area contributed by atoms with Crippen LogP contribution in [-0.4, -0.2) is 26.3 Å². The van der Waals surface area contributed by atoms with Gasteiger partial charge in [0.15, 0.2) is 0 Å². The maximum absolute atomic E-state index is 12.1. The first-order chi connectivity index (χ1) is 9.15. The second kappa shape index (κ2) is 8.86. The molecule has 2 unspecified atom stereocenters. The first-order valence-electron chi connectivity index (χ1n) is 6.79. The van der Waals surface area contributed by atoms with Crippen LogP contribution >= 0.6 is 0 Å². The molecule has 1 rings (SSSR count). The molecule has 1 N–H and O–H groups in total. The minimum atomic E-state index is -1.29. The molecule has 0 bridgehead atoms. The molecule has 1 aromatic carbocycles. The van der Waals surface area contributed by atoms with Gasteiger partial charge in [0.2, 0.25) is 0 Å². The lowest BCUT2D eigenvalue weighted by Crippen LogP contribution is -2.29. The van der Waals surface area contributed by atoms with Crippen LogP contribution in [-0.2, 0) is 22.0 Å². The standard InChI is InChI=1S/C15H22O3S/c1-2-3-4-8-11-19(18)14(15(16)17)12-13-9-6-5-7-10-13/h5-7,9-10,14H,2-4,8,11-12H2,1H3,(H,16,17). The van der Waals surface area contributed by atoms with Crippen molar-refractivity contribution in [2.45, 2.75) is 44.3 Å². The zero-order valence-corrected chi connectivity index (χ0v) is 12.2. The molecule has 106 valence electrons. The van der Waals surface area contributed by atoms with Crippen molar-refractivity contribution in [1.29, 1.82) is 0 Å². The fourth-order valence-corrected chi connectivity index (χ4v) is 3.31. The van der Waals surface area contributed by atoms with E-state index in [2.05, 4.69) is 6.92 Å². The second-order valence-electron chi connectivity index (χ2n) is 4.66. The molecule has 0 aromatic heterocycles. The van der Waals surface area contributed by atoms with Crippen LogP contribution in [0.25, 0.3) is 0 Å². The zero-order chi connectivity index (χ0) is 14.1. The summed E-state index contributed by atoms with van der Waals surface area (Å²) in [6, 6.07) is 9.40. The maximum atomic E-state index is 12.1. The third-order valence-electron chi connectivity index (χ3n) is 3.06. The van der Waals surface area contributed by atoms with E-state index in [1.807, 2.05) is 30.3 Å². The van der Waals surface area contributed by atoms with Gasteiger partial charge in [-0.05, 0) is 18.4 Å². The molecule has 0 aliphatic rings. The normalized spacial score (nSPS) is 13.9. The molecule has 19 heavy (non-hydrogen) atoms. The number of hydrogen-bond acceptors (Lipinski definition) is 2. The Balaban J connectivity index is 2.52. The van der Waals surface area contributed by atoms with E-state index in [0.29, 0.717) is 12.2 Å². The number of carboxylic acids is 1. The lowest BCUT2D eigenvalue weighted by molar-refractivity contribution is -0.136. The quantitative estimate of drug-likeness (QED) is 0.708. The van der Waals surface area contributed by atoms with E-state index in [-0.39, 0.29) is 0 Å². The van der Waals surface area contributed by atoms with Gasteiger partial charge >= 0.3 is 5.97 Å². The molecule has 0 saturated carbocycles. The van der Waals surface area contributed by atoms with Crippen molar-refractivity contribution >= 4 is 16.8 Å². The summed E-state index contributed by atoms with van der Waals surface area (Å²) < 4.78 is 12.1. The number of hydrogen-bond donors (Lipinski definition) is 1. The van der Waals surface area contributed by atoms with Gasteiger partial charge in [-0.25, -0.2) is 0 Å². The van der Waals surface area contributed by atoms with Gasteiger partial charge in [-0.15, -0.1) is 0 Å². The molecule has 0 aliphatic carbocycles. The van der Waals surface area contributed by atoms with Crippen molar-refractivity contribution in [2.24, 2.45) is 0 Å². The second-order valence-corrected chi connectivity index (χ2v) is 6.40. The average molecular weight is 282 g/mol. The third-order valence-corrected chi connectivity index (χ3v) is 4.75. The van der Waals surface area contributed by atoms with Crippen molar-refractivity contribution in [3.8, 4) is 0 Å². The Bertz CT molecular complexity index is 403. The highest BCUT2D eigenvalue weighted by Gasteiger charge is 2.24. The van der Waals surface area contributed by atoms with E-state index in [9.17, 15) is 14.1 Å². The Hall–Kier alpha value is -1.16. The largest absolute Gasteiger partial charge is 0.480 e. The molecule has 3 nitrogen and oxygen atoms in total. The number of carbonyl (C=O) groups is 1. The third kappa shape index (κ3) is 6.01. The SMILES string of the molecule is CCCCCCS(=O)C(Cc1ccccc1)C(=O)O. The van der Waals surface area contributed by atoms with Crippen LogP contribution in [0.5, 0.6) is 0 Å². The first-order valence-corrected chi connectivity index (χ1v) is 8.17. The minimum Gasteiger partial charge on any atom is -0.480 e. The summed E-state index contributed by atoms with van der Waals surface area (Å²) >= 11 is 0. The molecule has 4 heteroatoms. The predicted molar refractivity (Wildman–Crippen MR) is 78.7 cm³/mol. The van der Waals surface area contributed by atoms with Crippen LogP contribution in [0, 0.1) is 0 Å². The highest BCUT2D eigenvalue weighted by Crippen LogP contribution is 2.11. The summed E-state index contributed by atoms with van der Waals surface area (Å²) in [6.45, 7) is 2.12. The lowest BCUT2D eigenvalue weighted by Gasteiger charge is -2.12. The summed E-state index contributed by atoms with van der Waals surface area (Å²) in [5, 5.41) is 8.43. The smallest absolute Gasteiger partial charge is 0.319 e. The molecular formula is C15H22O3S. The minimum absolute atomic E-state index is 0.344. The van der Waals surface area contributed by atoms with Gasteiger partial charge in [0.25, 0.3) is 0 Å². The van der Waals surface area contributed by atoms with Gasteiger partial charge in [0.1, 0.15) is 5.25 Å². The van der Waals surface area contributed by atoms with Crippen molar-refractivity contribution in [3.63, 3.8) is 0 Å². The summed E-state index contributed by atoms with van der Waals surface area (Å²) in [6.07, 6.45) is 4.46. The van der Waals surface area contributed by atoms with Gasteiger partial charge in [0, 0.05) is 16.6 Å². The molecular weight excluding hydrogens is 260 g/mol. The Kier molecular flexibility index (Phi) is 7.41. The van der Waals surface area contributed by atoms with E-state index < -0.39 is 22.0 Å². The molecule has 0 fully saturated rings. The van der Waals surface area contributed by atoms with Gasteiger partial charge in [-0.3, -0.25) is 9.00 Å². The van der Waals surface area contributed by atoms with Crippen LogP contribution in [0.4, 0.5) is 0 Å². The van der Waals surface area contributed by atoms with E-state index in [0.717, 1.165) is 31.2 Å². The van der Waals surface area contributed by atoms with Gasteiger partial charge in [-0.1, -0.05) is 56.5 Å². The van der Waals surface area contributed by atoms with Gasteiger partial charge in [0.05, 0.1) is 0 Å². The van der Waals surface area contributed by atoms with Gasteiger partial charge in [-0.2, -0.15) is 0 Å². The Morgan fingerprint density at radius 1 is 1.21 bits per heavy atom. The highest BCUT2D eigenvalue weighted by atomic mass is 32.2. The van der Waals surface area contributed by atoms with Crippen LogP contribution in [0.3, 0.4) is 0 Å². The zero-order valence-electron chi connectivity index (χ0n) is 11.4. The molecule has 2 atom stereocenters. The number of aliphatic carboxylic acids is 1. The van der Waals surface area contributed by atoms with Crippen LogP contribution in [0.15, 0.2) is 30.3 Å². The van der Waals surface area contributed by atoms with Crippen molar-refractivity contribution in [2.75, 3.05) is 5.75 Å².